The van der Waals surface area contributed by atoms with Crippen LogP contribution in [0.3, 0.4) is 0 Å². The molecule has 1 aliphatic carbocycles. The smallest absolute Gasteiger partial charge is 0.307 e. The number of aliphatic carboxylic acids is 1. The van der Waals surface area contributed by atoms with Gasteiger partial charge in [-0.05, 0) is 25.0 Å². The molecule has 3 N–H and O–H groups in total. The molecule has 0 radical (unpaired) electrons. The third-order valence-electron chi connectivity index (χ3n) is 3.40. The van der Waals surface area contributed by atoms with Gasteiger partial charge >= 0.3 is 5.97 Å². The quantitative estimate of drug-likeness (QED) is 0.562. The molecule has 0 saturated heterocycles. The van der Waals surface area contributed by atoms with Crippen molar-refractivity contribution in [3.63, 3.8) is 0 Å². The van der Waals surface area contributed by atoms with Crippen LogP contribution >= 0.6 is 34.8 Å². The molecule has 1 amide bonds. The fourth-order valence-corrected chi connectivity index (χ4v) is 3.17. The van der Waals surface area contributed by atoms with Gasteiger partial charge in [-0.25, -0.2) is 0 Å². The number of anilines is 1. The van der Waals surface area contributed by atoms with Crippen molar-refractivity contribution in [2.24, 2.45) is 11.8 Å². The molecule has 8 heteroatoms. The van der Waals surface area contributed by atoms with E-state index in [-0.39, 0.29) is 10.0 Å². The van der Waals surface area contributed by atoms with Crippen LogP contribution in [-0.4, -0.2) is 17.0 Å². The van der Waals surface area contributed by atoms with Gasteiger partial charge in [0.15, 0.2) is 0 Å². The number of benzene rings is 1. The molecule has 2 atom stereocenters. The lowest BCUT2D eigenvalue weighted by atomic mass is 9.82. The average Bonchev–Trinajstić information content (AvgIpc) is 2.45. The van der Waals surface area contributed by atoms with Gasteiger partial charge in [0.05, 0.1) is 27.6 Å². The average molecular weight is 364 g/mol. The third kappa shape index (κ3) is 3.85. The summed E-state index contributed by atoms with van der Waals surface area (Å²) in [5, 5.41) is 10.0. The minimum absolute atomic E-state index is 0.246. The Morgan fingerprint density at radius 3 is 2.14 bits per heavy atom. The first kappa shape index (κ1) is 16.9. The molecule has 5 nitrogen and oxygen atoms in total. The number of hydrogen-bond donors (Lipinski definition) is 3. The van der Waals surface area contributed by atoms with Gasteiger partial charge in [0.1, 0.15) is 0 Å². The lowest BCUT2D eigenvalue weighted by molar-refractivity contribution is -0.147. The number of allylic oxidation sites excluding steroid dienone is 2. The SMILES string of the molecule is O=C(O)[C@H]1CC=CC[C@H]1C(=O)NNc1c(Cl)cc(Cl)cc1Cl. The lowest BCUT2D eigenvalue weighted by Crippen LogP contribution is -2.41. The van der Waals surface area contributed by atoms with Crippen molar-refractivity contribution in [3.05, 3.63) is 39.4 Å². The first-order valence-corrected chi connectivity index (χ1v) is 7.61. The van der Waals surface area contributed by atoms with Gasteiger partial charge in [-0.15, -0.1) is 0 Å². The number of rotatable bonds is 4. The Balaban J connectivity index is 2.07. The van der Waals surface area contributed by atoms with E-state index in [1.165, 1.54) is 12.1 Å². The Kier molecular flexibility index (Phi) is 5.56. The number of carboxylic acids is 1. The molecule has 0 bridgehead atoms. The van der Waals surface area contributed by atoms with Gasteiger partial charge in [-0.2, -0.15) is 0 Å². The van der Waals surface area contributed by atoms with Crippen LogP contribution in [0.4, 0.5) is 5.69 Å². The summed E-state index contributed by atoms with van der Waals surface area (Å²) >= 11 is 17.8. The normalized spacial score (nSPS) is 20.5. The molecule has 0 fully saturated rings. The van der Waals surface area contributed by atoms with E-state index in [1.54, 1.807) is 12.2 Å². The van der Waals surface area contributed by atoms with E-state index in [4.69, 9.17) is 34.8 Å². The molecule has 1 aromatic rings. The predicted octanol–water partition coefficient (Wildman–Crippen LogP) is 3.76. The van der Waals surface area contributed by atoms with Crippen molar-refractivity contribution in [1.29, 1.82) is 0 Å². The number of hydrogen-bond acceptors (Lipinski definition) is 3. The summed E-state index contributed by atoms with van der Waals surface area (Å²) in [4.78, 5) is 23.4. The van der Waals surface area contributed by atoms with Gasteiger partial charge in [0.25, 0.3) is 0 Å². The number of hydrazine groups is 1. The maximum absolute atomic E-state index is 12.2. The van der Waals surface area contributed by atoms with Crippen molar-refractivity contribution >= 4 is 52.4 Å². The molecular formula is C14H13Cl3N2O3. The van der Waals surface area contributed by atoms with Crippen LogP contribution in [0.5, 0.6) is 0 Å². The highest BCUT2D eigenvalue weighted by Gasteiger charge is 2.34. The zero-order chi connectivity index (χ0) is 16.3. The fraction of sp³-hybridized carbons (Fsp3) is 0.286. The van der Waals surface area contributed by atoms with Crippen LogP contribution in [-0.2, 0) is 9.59 Å². The second-order valence-electron chi connectivity index (χ2n) is 4.85. The first-order valence-electron chi connectivity index (χ1n) is 6.48. The Morgan fingerprint density at radius 1 is 1.05 bits per heavy atom. The van der Waals surface area contributed by atoms with Gasteiger partial charge < -0.3 is 5.11 Å². The molecule has 1 aromatic carbocycles. The van der Waals surface area contributed by atoms with E-state index in [0.717, 1.165) is 0 Å². The van der Waals surface area contributed by atoms with Crippen molar-refractivity contribution in [2.75, 3.05) is 5.43 Å². The van der Waals surface area contributed by atoms with Gasteiger partial charge in [0.2, 0.25) is 5.91 Å². The van der Waals surface area contributed by atoms with E-state index in [2.05, 4.69) is 10.9 Å². The Bertz CT molecular complexity index is 611. The summed E-state index contributed by atoms with van der Waals surface area (Å²) in [7, 11) is 0. The van der Waals surface area contributed by atoms with E-state index >= 15 is 0 Å². The van der Waals surface area contributed by atoms with Crippen LogP contribution in [0.1, 0.15) is 12.8 Å². The maximum atomic E-state index is 12.2. The topological polar surface area (TPSA) is 78.4 Å². The van der Waals surface area contributed by atoms with Gasteiger partial charge in [-0.1, -0.05) is 47.0 Å². The summed E-state index contributed by atoms with van der Waals surface area (Å²) in [6.45, 7) is 0. The molecule has 22 heavy (non-hydrogen) atoms. The molecule has 0 aliphatic heterocycles. The number of carbonyl (C=O) groups excluding carboxylic acids is 1. The molecule has 2 rings (SSSR count). The van der Waals surface area contributed by atoms with Crippen LogP contribution in [0, 0.1) is 11.8 Å². The summed E-state index contributed by atoms with van der Waals surface area (Å²) < 4.78 is 0. The second-order valence-corrected chi connectivity index (χ2v) is 6.10. The predicted molar refractivity (Wildman–Crippen MR) is 86.2 cm³/mol. The molecule has 0 saturated carbocycles. The maximum Gasteiger partial charge on any atom is 0.307 e. The summed E-state index contributed by atoms with van der Waals surface area (Å²) in [6, 6.07) is 2.96. The molecule has 1 aliphatic rings. The Morgan fingerprint density at radius 2 is 1.59 bits per heavy atom. The molecule has 0 aromatic heterocycles. The lowest BCUT2D eigenvalue weighted by Gasteiger charge is -2.24. The number of carboxylic acid groups (broad SMARTS) is 1. The van der Waals surface area contributed by atoms with Gasteiger partial charge in [-0.3, -0.25) is 20.4 Å². The minimum atomic E-state index is -0.993. The van der Waals surface area contributed by atoms with E-state index in [1.807, 2.05) is 0 Å². The highest BCUT2D eigenvalue weighted by atomic mass is 35.5. The standard InChI is InChI=1S/C14H13Cl3N2O3/c15-7-5-10(16)12(11(17)6-7)18-19-13(20)8-3-1-2-4-9(8)14(21)22/h1-2,5-6,8-9,18H,3-4H2,(H,19,20)(H,21,22)/t8-,9+/m1/s1. The number of nitrogens with one attached hydrogen (secondary N) is 2. The second kappa shape index (κ2) is 7.22. The van der Waals surface area contributed by atoms with E-state index < -0.39 is 23.7 Å². The van der Waals surface area contributed by atoms with E-state index in [9.17, 15) is 14.7 Å². The minimum Gasteiger partial charge on any atom is -0.481 e. The fourth-order valence-electron chi connectivity index (χ4n) is 2.26. The molecule has 0 spiro atoms. The molecule has 0 unspecified atom stereocenters. The van der Waals surface area contributed by atoms with Crippen LogP contribution < -0.4 is 10.9 Å². The molecular weight excluding hydrogens is 351 g/mol. The highest BCUT2D eigenvalue weighted by Crippen LogP contribution is 2.33. The highest BCUT2D eigenvalue weighted by molar-refractivity contribution is 6.41. The largest absolute Gasteiger partial charge is 0.481 e. The number of carbonyl (C=O) groups is 2. The van der Waals surface area contributed by atoms with E-state index in [0.29, 0.717) is 23.6 Å². The Labute approximate surface area is 142 Å². The summed E-state index contributed by atoms with van der Waals surface area (Å²) in [5.74, 6) is -2.83. The van der Waals surface area contributed by atoms with Crippen molar-refractivity contribution in [3.8, 4) is 0 Å². The summed E-state index contributed by atoms with van der Waals surface area (Å²) in [6.07, 6.45) is 4.26. The Hall–Kier alpha value is -1.43. The van der Waals surface area contributed by atoms with Gasteiger partial charge in [0, 0.05) is 5.02 Å². The zero-order valence-corrected chi connectivity index (χ0v) is 13.5. The third-order valence-corrected chi connectivity index (χ3v) is 4.22. The van der Waals surface area contributed by atoms with Crippen LogP contribution in [0.25, 0.3) is 0 Å². The first-order chi connectivity index (χ1) is 10.4. The molecule has 118 valence electrons. The van der Waals surface area contributed by atoms with Crippen molar-refractivity contribution < 1.29 is 14.7 Å². The monoisotopic (exact) mass is 362 g/mol. The summed E-state index contributed by atoms with van der Waals surface area (Å²) in [5.41, 5.74) is 5.39. The zero-order valence-electron chi connectivity index (χ0n) is 11.3. The van der Waals surface area contributed by atoms with Crippen molar-refractivity contribution in [2.45, 2.75) is 12.8 Å². The van der Waals surface area contributed by atoms with Crippen molar-refractivity contribution in [1.82, 2.24) is 5.43 Å². The van der Waals surface area contributed by atoms with Crippen LogP contribution in [0.2, 0.25) is 15.1 Å². The number of amides is 1. The van der Waals surface area contributed by atoms with Crippen LogP contribution in [0.15, 0.2) is 24.3 Å². The molecule has 0 heterocycles. The number of halogens is 3.